The molecule has 0 radical (unpaired) electrons. The molecule has 0 spiro atoms. The molecule has 4 N–H and O–H groups in total. The summed E-state index contributed by atoms with van der Waals surface area (Å²) in [5, 5.41) is 0. The van der Waals surface area contributed by atoms with E-state index < -0.39 is 11.6 Å². The Hall–Kier alpha value is -1.85. The van der Waals surface area contributed by atoms with Crippen molar-refractivity contribution in [3.05, 3.63) is 71.0 Å². The molecule has 102 valence electrons. The van der Waals surface area contributed by atoms with E-state index >= 15 is 0 Å². The van der Waals surface area contributed by atoms with Gasteiger partial charge in [0.2, 0.25) is 0 Å². The van der Waals surface area contributed by atoms with E-state index in [0.29, 0.717) is 11.1 Å². The molecule has 2 aromatic rings. The van der Waals surface area contributed by atoms with Crippen LogP contribution >= 0.6 is 0 Å². The Kier molecular flexibility index (Phi) is 6.05. The van der Waals surface area contributed by atoms with Crippen LogP contribution in [0.2, 0.25) is 0 Å². The van der Waals surface area contributed by atoms with Gasteiger partial charge in [-0.2, -0.15) is 0 Å². The molecule has 0 bridgehead atoms. The third-order valence-corrected chi connectivity index (χ3v) is 2.34. The van der Waals surface area contributed by atoms with Gasteiger partial charge in [0.1, 0.15) is 17.5 Å². The van der Waals surface area contributed by atoms with Crippen LogP contribution in [-0.2, 0) is 13.1 Å². The SMILES string of the molecule is NCc1cc(F)cc(F)c1.NCc1ccccc1F. The van der Waals surface area contributed by atoms with E-state index in [1.54, 1.807) is 18.2 Å². The minimum absolute atomic E-state index is 0.161. The number of benzene rings is 2. The van der Waals surface area contributed by atoms with Crippen molar-refractivity contribution in [2.75, 3.05) is 0 Å². The average molecular weight is 268 g/mol. The zero-order chi connectivity index (χ0) is 14.3. The van der Waals surface area contributed by atoms with Gasteiger partial charge in [0.25, 0.3) is 0 Å². The van der Waals surface area contributed by atoms with Gasteiger partial charge in [0, 0.05) is 24.7 Å². The lowest BCUT2D eigenvalue weighted by Crippen LogP contribution is -1.98. The Morgan fingerprint density at radius 2 is 1.37 bits per heavy atom. The molecule has 0 aliphatic heterocycles. The lowest BCUT2D eigenvalue weighted by Gasteiger charge is -1.95. The summed E-state index contributed by atoms with van der Waals surface area (Å²) in [5.41, 5.74) is 11.4. The third-order valence-electron chi connectivity index (χ3n) is 2.34. The summed E-state index contributed by atoms with van der Waals surface area (Å²) in [4.78, 5) is 0. The van der Waals surface area contributed by atoms with Gasteiger partial charge in [0.15, 0.2) is 0 Å². The lowest BCUT2D eigenvalue weighted by atomic mass is 10.2. The predicted octanol–water partition coefficient (Wildman–Crippen LogP) is 2.71. The van der Waals surface area contributed by atoms with Crippen molar-refractivity contribution in [3.63, 3.8) is 0 Å². The van der Waals surface area contributed by atoms with E-state index in [2.05, 4.69) is 0 Å². The second-order valence-electron chi connectivity index (χ2n) is 3.78. The fraction of sp³-hybridized carbons (Fsp3) is 0.143. The van der Waals surface area contributed by atoms with Crippen LogP contribution in [-0.4, -0.2) is 0 Å². The zero-order valence-electron chi connectivity index (χ0n) is 10.2. The maximum atomic E-state index is 12.5. The van der Waals surface area contributed by atoms with E-state index in [-0.39, 0.29) is 18.9 Å². The Morgan fingerprint density at radius 1 is 0.789 bits per heavy atom. The summed E-state index contributed by atoms with van der Waals surface area (Å²) in [7, 11) is 0. The number of nitrogens with two attached hydrogens (primary N) is 2. The Bertz CT molecular complexity index is 510. The fourth-order valence-electron chi connectivity index (χ4n) is 1.39. The number of rotatable bonds is 2. The minimum Gasteiger partial charge on any atom is -0.326 e. The Morgan fingerprint density at radius 3 is 1.79 bits per heavy atom. The fourth-order valence-corrected chi connectivity index (χ4v) is 1.39. The highest BCUT2D eigenvalue weighted by atomic mass is 19.1. The van der Waals surface area contributed by atoms with Crippen molar-refractivity contribution in [3.8, 4) is 0 Å². The maximum absolute atomic E-state index is 12.5. The number of hydrogen-bond donors (Lipinski definition) is 2. The van der Waals surface area contributed by atoms with E-state index in [9.17, 15) is 13.2 Å². The van der Waals surface area contributed by atoms with Crippen LogP contribution in [0.1, 0.15) is 11.1 Å². The number of halogens is 3. The van der Waals surface area contributed by atoms with Gasteiger partial charge in [0.05, 0.1) is 0 Å². The molecule has 2 aromatic carbocycles. The van der Waals surface area contributed by atoms with E-state index in [4.69, 9.17) is 11.5 Å². The first-order valence-corrected chi connectivity index (χ1v) is 5.65. The minimum atomic E-state index is -0.583. The predicted molar refractivity (Wildman–Crippen MR) is 68.5 cm³/mol. The zero-order valence-corrected chi connectivity index (χ0v) is 10.2. The topological polar surface area (TPSA) is 52.0 Å². The Labute approximate surface area is 109 Å². The quantitative estimate of drug-likeness (QED) is 0.879. The monoisotopic (exact) mass is 268 g/mol. The van der Waals surface area contributed by atoms with Crippen LogP contribution in [0.3, 0.4) is 0 Å². The van der Waals surface area contributed by atoms with Crippen molar-refractivity contribution in [1.29, 1.82) is 0 Å². The first kappa shape index (κ1) is 15.2. The molecule has 0 amide bonds. The van der Waals surface area contributed by atoms with Gasteiger partial charge in [-0.1, -0.05) is 18.2 Å². The molecular weight excluding hydrogens is 253 g/mol. The van der Waals surface area contributed by atoms with Gasteiger partial charge < -0.3 is 11.5 Å². The van der Waals surface area contributed by atoms with Crippen LogP contribution in [0.15, 0.2) is 42.5 Å². The van der Waals surface area contributed by atoms with Crippen LogP contribution in [0.25, 0.3) is 0 Å². The van der Waals surface area contributed by atoms with Crippen molar-refractivity contribution in [1.82, 2.24) is 0 Å². The van der Waals surface area contributed by atoms with Crippen molar-refractivity contribution >= 4 is 0 Å². The van der Waals surface area contributed by atoms with Crippen molar-refractivity contribution in [2.45, 2.75) is 13.1 Å². The molecular formula is C14H15F3N2. The highest BCUT2D eigenvalue weighted by molar-refractivity contribution is 5.17. The van der Waals surface area contributed by atoms with Crippen LogP contribution < -0.4 is 11.5 Å². The van der Waals surface area contributed by atoms with Crippen molar-refractivity contribution in [2.24, 2.45) is 11.5 Å². The third kappa shape index (κ3) is 5.11. The van der Waals surface area contributed by atoms with Crippen LogP contribution in [0, 0.1) is 17.5 Å². The molecule has 0 aromatic heterocycles. The molecule has 0 atom stereocenters. The molecule has 0 heterocycles. The van der Waals surface area contributed by atoms with Gasteiger partial charge in [-0.25, -0.2) is 13.2 Å². The second kappa shape index (κ2) is 7.56. The van der Waals surface area contributed by atoms with E-state index in [1.807, 2.05) is 0 Å². The first-order valence-electron chi connectivity index (χ1n) is 5.65. The standard InChI is InChI=1S/C7H7F2N.C7H8FN/c8-6-1-5(4-10)2-7(9)3-6;8-7-4-2-1-3-6(7)5-9/h1-3H,4,10H2;1-4H,5,9H2. The molecule has 0 aliphatic carbocycles. The summed E-state index contributed by atoms with van der Waals surface area (Å²) in [6, 6.07) is 9.74. The molecule has 0 aliphatic rings. The van der Waals surface area contributed by atoms with Gasteiger partial charge in [-0.15, -0.1) is 0 Å². The van der Waals surface area contributed by atoms with E-state index in [0.717, 1.165) is 6.07 Å². The molecule has 0 fully saturated rings. The molecule has 19 heavy (non-hydrogen) atoms. The summed E-state index contributed by atoms with van der Waals surface area (Å²) < 4.78 is 37.1. The second-order valence-corrected chi connectivity index (χ2v) is 3.78. The van der Waals surface area contributed by atoms with Gasteiger partial charge in [-0.05, 0) is 23.8 Å². The smallest absolute Gasteiger partial charge is 0.127 e. The molecule has 5 heteroatoms. The van der Waals surface area contributed by atoms with E-state index in [1.165, 1.54) is 18.2 Å². The average Bonchev–Trinajstić information content (AvgIpc) is 2.39. The highest BCUT2D eigenvalue weighted by Crippen LogP contribution is 2.06. The summed E-state index contributed by atoms with van der Waals surface area (Å²) in [6.07, 6.45) is 0. The summed E-state index contributed by atoms with van der Waals surface area (Å²) >= 11 is 0. The van der Waals surface area contributed by atoms with Gasteiger partial charge >= 0.3 is 0 Å². The first-order chi connectivity index (χ1) is 9.06. The lowest BCUT2D eigenvalue weighted by molar-refractivity contribution is 0.580. The van der Waals surface area contributed by atoms with Crippen LogP contribution in [0.4, 0.5) is 13.2 Å². The van der Waals surface area contributed by atoms with Gasteiger partial charge in [-0.3, -0.25) is 0 Å². The molecule has 0 unspecified atom stereocenters. The molecule has 0 saturated heterocycles. The normalized spacial score (nSPS) is 9.74. The molecule has 2 rings (SSSR count). The molecule has 2 nitrogen and oxygen atoms in total. The summed E-state index contributed by atoms with van der Waals surface area (Å²) in [5.74, 6) is -1.39. The highest BCUT2D eigenvalue weighted by Gasteiger charge is 1.97. The molecule has 0 saturated carbocycles. The largest absolute Gasteiger partial charge is 0.326 e. The maximum Gasteiger partial charge on any atom is 0.127 e. The Balaban J connectivity index is 0.000000191. The van der Waals surface area contributed by atoms with Crippen LogP contribution in [0.5, 0.6) is 0 Å². The number of hydrogen-bond acceptors (Lipinski definition) is 2. The summed E-state index contributed by atoms with van der Waals surface area (Å²) in [6.45, 7) is 0.432. The van der Waals surface area contributed by atoms with Crippen molar-refractivity contribution < 1.29 is 13.2 Å².